The zero-order valence-corrected chi connectivity index (χ0v) is 14.5. The second-order valence-corrected chi connectivity index (χ2v) is 7.43. The van der Waals surface area contributed by atoms with Gasteiger partial charge in [0, 0.05) is 0 Å². The molecule has 128 valence electrons. The van der Waals surface area contributed by atoms with Gasteiger partial charge in [0.25, 0.3) is 10.0 Å². The third kappa shape index (κ3) is 4.56. The highest BCUT2D eigenvalue weighted by Crippen LogP contribution is 2.24. The minimum Gasteiger partial charge on any atom is -0.274 e. The SMILES string of the molecule is Cc1ccc(S(=O)(=O)NC(=O)OOC(C)(C)c2ccccc2)cc1. The topological polar surface area (TPSA) is 81.7 Å². The molecule has 0 radical (unpaired) electrons. The molecule has 0 aromatic heterocycles. The van der Waals surface area contributed by atoms with Gasteiger partial charge in [-0.3, -0.25) is 4.89 Å². The first-order valence-corrected chi connectivity index (χ1v) is 8.74. The summed E-state index contributed by atoms with van der Waals surface area (Å²) in [6.07, 6.45) is -1.21. The summed E-state index contributed by atoms with van der Waals surface area (Å²) in [5.41, 5.74) is 0.760. The van der Waals surface area contributed by atoms with Crippen molar-refractivity contribution in [1.29, 1.82) is 0 Å². The molecule has 0 aliphatic heterocycles. The summed E-state index contributed by atoms with van der Waals surface area (Å²) in [6, 6.07) is 15.2. The Morgan fingerprint density at radius 1 is 1.00 bits per heavy atom. The highest BCUT2D eigenvalue weighted by Gasteiger charge is 2.26. The van der Waals surface area contributed by atoms with Gasteiger partial charge in [0.15, 0.2) is 0 Å². The molecule has 0 saturated heterocycles. The molecule has 7 heteroatoms. The Balaban J connectivity index is 1.99. The maximum Gasteiger partial charge on any atom is 0.452 e. The van der Waals surface area contributed by atoms with Crippen molar-refractivity contribution < 1.29 is 23.0 Å². The highest BCUT2D eigenvalue weighted by atomic mass is 32.2. The van der Waals surface area contributed by atoms with Crippen LogP contribution in [0.4, 0.5) is 4.79 Å². The van der Waals surface area contributed by atoms with Crippen molar-refractivity contribution in [3.05, 3.63) is 65.7 Å². The maximum absolute atomic E-state index is 12.1. The number of sulfonamides is 1. The van der Waals surface area contributed by atoms with Crippen molar-refractivity contribution in [2.45, 2.75) is 31.3 Å². The van der Waals surface area contributed by atoms with Crippen LogP contribution in [0, 0.1) is 6.92 Å². The van der Waals surface area contributed by atoms with Crippen LogP contribution in [0.3, 0.4) is 0 Å². The Kier molecular flexibility index (Phi) is 5.26. The maximum atomic E-state index is 12.1. The highest BCUT2D eigenvalue weighted by molar-refractivity contribution is 7.90. The van der Waals surface area contributed by atoms with Crippen molar-refractivity contribution >= 4 is 16.1 Å². The number of aryl methyl sites for hydroxylation is 1. The number of carbonyl (C=O) groups excluding carboxylic acids is 1. The summed E-state index contributed by atoms with van der Waals surface area (Å²) < 4.78 is 26.0. The number of carbonyl (C=O) groups is 1. The van der Waals surface area contributed by atoms with E-state index in [0.29, 0.717) is 0 Å². The first-order chi connectivity index (χ1) is 11.2. The Labute approximate surface area is 141 Å². The fourth-order valence-corrected chi connectivity index (χ4v) is 2.80. The van der Waals surface area contributed by atoms with Gasteiger partial charge in [-0.1, -0.05) is 48.0 Å². The monoisotopic (exact) mass is 349 g/mol. The van der Waals surface area contributed by atoms with Crippen molar-refractivity contribution in [2.75, 3.05) is 0 Å². The van der Waals surface area contributed by atoms with Crippen LogP contribution in [-0.4, -0.2) is 14.5 Å². The molecule has 0 atom stereocenters. The third-order valence-electron chi connectivity index (χ3n) is 3.34. The minimum atomic E-state index is -4.01. The van der Waals surface area contributed by atoms with Gasteiger partial charge in [-0.2, -0.15) is 4.89 Å². The largest absolute Gasteiger partial charge is 0.452 e. The first-order valence-electron chi connectivity index (χ1n) is 7.25. The van der Waals surface area contributed by atoms with E-state index in [2.05, 4.69) is 4.89 Å². The number of hydrogen-bond acceptors (Lipinski definition) is 5. The zero-order valence-electron chi connectivity index (χ0n) is 13.6. The lowest BCUT2D eigenvalue weighted by Crippen LogP contribution is -2.33. The van der Waals surface area contributed by atoms with E-state index in [1.54, 1.807) is 30.7 Å². The lowest BCUT2D eigenvalue weighted by molar-refractivity contribution is -0.310. The standard InChI is InChI=1S/C17H19NO5S/c1-13-9-11-15(12-10-13)24(20,21)18-16(19)22-23-17(2,3)14-7-5-4-6-8-14/h4-12H,1-3H3,(H,18,19). The van der Waals surface area contributed by atoms with E-state index in [-0.39, 0.29) is 4.90 Å². The number of amides is 1. The van der Waals surface area contributed by atoms with E-state index in [9.17, 15) is 13.2 Å². The van der Waals surface area contributed by atoms with E-state index < -0.39 is 21.7 Å². The van der Waals surface area contributed by atoms with E-state index in [1.165, 1.54) is 12.1 Å². The van der Waals surface area contributed by atoms with Crippen molar-refractivity contribution in [3.63, 3.8) is 0 Å². The van der Waals surface area contributed by atoms with E-state index >= 15 is 0 Å². The van der Waals surface area contributed by atoms with Crippen LogP contribution in [0.2, 0.25) is 0 Å². The van der Waals surface area contributed by atoms with E-state index in [1.807, 2.05) is 37.3 Å². The average Bonchev–Trinajstić information content (AvgIpc) is 2.54. The molecule has 0 fully saturated rings. The average molecular weight is 349 g/mol. The third-order valence-corrected chi connectivity index (χ3v) is 4.67. The Bertz CT molecular complexity index is 799. The molecular formula is C17H19NO5S. The second-order valence-electron chi connectivity index (χ2n) is 5.75. The molecule has 1 N–H and O–H groups in total. The van der Waals surface area contributed by atoms with Crippen molar-refractivity contribution in [2.24, 2.45) is 0 Å². The first kappa shape index (κ1) is 18.0. The summed E-state index contributed by atoms with van der Waals surface area (Å²) in [4.78, 5) is 21.4. The van der Waals surface area contributed by atoms with Gasteiger partial charge in [0.1, 0.15) is 5.60 Å². The zero-order chi connectivity index (χ0) is 17.8. The van der Waals surface area contributed by atoms with E-state index in [0.717, 1.165) is 11.1 Å². The van der Waals surface area contributed by atoms with Gasteiger partial charge >= 0.3 is 6.09 Å². The molecule has 0 bridgehead atoms. The molecule has 0 saturated carbocycles. The molecule has 6 nitrogen and oxygen atoms in total. The van der Waals surface area contributed by atoms with Gasteiger partial charge in [0.05, 0.1) is 4.90 Å². The molecule has 0 aliphatic rings. The number of benzene rings is 2. The molecule has 0 aliphatic carbocycles. The summed E-state index contributed by atoms with van der Waals surface area (Å²) in [5, 5.41) is 0. The minimum absolute atomic E-state index is 0.0348. The van der Waals surface area contributed by atoms with Crippen LogP contribution in [0.5, 0.6) is 0 Å². The van der Waals surface area contributed by atoms with E-state index in [4.69, 9.17) is 4.89 Å². The molecular weight excluding hydrogens is 330 g/mol. The molecule has 2 aromatic rings. The van der Waals surface area contributed by atoms with Crippen molar-refractivity contribution in [1.82, 2.24) is 4.72 Å². The molecule has 1 amide bonds. The predicted molar refractivity (Wildman–Crippen MR) is 88.5 cm³/mol. The molecule has 0 heterocycles. The second kappa shape index (κ2) is 7.02. The van der Waals surface area contributed by atoms with Gasteiger partial charge in [0.2, 0.25) is 0 Å². The lowest BCUT2D eigenvalue weighted by atomic mass is 9.99. The fourth-order valence-electron chi connectivity index (χ4n) is 1.93. The normalized spacial score (nSPS) is 11.8. The molecule has 0 spiro atoms. The molecule has 24 heavy (non-hydrogen) atoms. The molecule has 2 rings (SSSR count). The van der Waals surface area contributed by atoms with Crippen LogP contribution in [0.25, 0.3) is 0 Å². The summed E-state index contributed by atoms with van der Waals surface area (Å²) in [7, 11) is -4.01. The Morgan fingerprint density at radius 2 is 1.58 bits per heavy atom. The van der Waals surface area contributed by atoms with Crippen LogP contribution in [0.15, 0.2) is 59.5 Å². The molecule has 2 aromatic carbocycles. The van der Waals surface area contributed by atoms with Crippen LogP contribution < -0.4 is 4.72 Å². The van der Waals surface area contributed by atoms with Gasteiger partial charge in [-0.25, -0.2) is 17.9 Å². The smallest absolute Gasteiger partial charge is 0.274 e. The Hall–Kier alpha value is -2.38. The van der Waals surface area contributed by atoms with Gasteiger partial charge in [-0.05, 0) is 38.5 Å². The quantitative estimate of drug-likeness (QED) is 0.662. The number of nitrogens with one attached hydrogen (secondary N) is 1. The predicted octanol–water partition coefficient (Wildman–Crippen LogP) is 3.28. The van der Waals surface area contributed by atoms with Gasteiger partial charge < -0.3 is 0 Å². The van der Waals surface area contributed by atoms with Gasteiger partial charge in [-0.15, -0.1) is 0 Å². The summed E-state index contributed by atoms with van der Waals surface area (Å²) >= 11 is 0. The van der Waals surface area contributed by atoms with Crippen molar-refractivity contribution in [3.8, 4) is 0 Å². The van der Waals surface area contributed by atoms with Crippen LogP contribution in [-0.2, 0) is 25.4 Å². The fraction of sp³-hybridized carbons (Fsp3) is 0.235. The number of rotatable bonds is 5. The number of hydrogen-bond donors (Lipinski definition) is 1. The summed E-state index contributed by atoms with van der Waals surface area (Å²) in [5.74, 6) is 0. The summed E-state index contributed by atoms with van der Waals surface area (Å²) in [6.45, 7) is 5.23. The lowest BCUT2D eigenvalue weighted by Gasteiger charge is -2.23. The van der Waals surface area contributed by atoms with Crippen LogP contribution >= 0.6 is 0 Å². The Morgan fingerprint density at radius 3 is 2.17 bits per heavy atom. The van der Waals surface area contributed by atoms with Crippen LogP contribution in [0.1, 0.15) is 25.0 Å². The molecule has 0 unspecified atom stereocenters.